The number of hydrogen-bond donors (Lipinski definition) is 8. The fourth-order valence-electron chi connectivity index (χ4n) is 4.49. The largest absolute Gasteiger partial charge is 0.478 e. The number of rotatable bonds is 17. The molecule has 0 saturated heterocycles. The molecule has 0 saturated carbocycles. The maximum atomic E-state index is 12.3. The molecule has 10 N–H and O–H groups in total. The number of anilines is 1. The molecular formula is C29H40N6O10. The summed E-state index contributed by atoms with van der Waals surface area (Å²) in [6, 6.07) is 4.59. The zero-order chi connectivity index (χ0) is 33.7. The van der Waals surface area contributed by atoms with E-state index in [-0.39, 0.29) is 49.6 Å². The number of nitrogens with two attached hydrogens (primary N) is 2. The Hall–Kier alpha value is -4.83. The second-order valence-corrected chi connectivity index (χ2v) is 10.6. The summed E-state index contributed by atoms with van der Waals surface area (Å²) >= 11 is 0. The standard InChI is InChI=1S/C29H40N6O10/c1-15(36)12-19(38)11-8-17-6-9-18(10-7-17)34-24(41)5-3-4-23(40)32-14-21(39)26(42)27-25(33-16(2)37)20(35-29(30)31)13-22(45-27)28(43)44/h6-7,9-10,13,20-21,25-27,39,42H,3-5,8,11-12,14H2,1-2H3,(H,32,40)(H,33,37)(H,34,41)(H,43,44)(H4,30,31,35). The molecule has 0 fully saturated rings. The summed E-state index contributed by atoms with van der Waals surface area (Å²) in [6.45, 7) is 2.08. The third kappa shape index (κ3) is 12.7. The molecule has 0 radical (unpaired) electrons. The van der Waals surface area contributed by atoms with Crippen LogP contribution in [0.5, 0.6) is 0 Å². The monoisotopic (exact) mass is 632 g/mol. The molecule has 0 aliphatic carbocycles. The van der Waals surface area contributed by atoms with Gasteiger partial charge in [0, 0.05) is 38.4 Å². The number of aliphatic hydroxyl groups is 2. The van der Waals surface area contributed by atoms with Crippen molar-refractivity contribution in [3.63, 3.8) is 0 Å². The number of aliphatic hydroxyl groups excluding tert-OH is 2. The van der Waals surface area contributed by atoms with Crippen molar-refractivity contribution in [2.45, 2.75) is 82.8 Å². The van der Waals surface area contributed by atoms with E-state index in [1.165, 1.54) is 13.8 Å². The highest BCUT2D eigenvalue weighted by molar-refractivity contribution is 5.98. The van der Waals surface area contributed by atoms with Crippen LogP contribution in [-0.2, 0) is 39.9 Å². The van der Waals surface area contributed by atoms with E-state index in [4.69, 9.17) is 16.2 Å². The Labute approximate surface area is 259 Å². The number of Topliss-reactive ketones (excluding diaryl/α,β-unsaturated/α-hetero) is 2. The predicted octanol–water partition coefficient (Wildman–Crippen LogP) is -1.37. The minimum Gasteiger partial charge on any atom is -0.478 e. The van der Waals surface area contributed by atoms with Gasteiger partial charge in [0.05, 0.1) is 18.5 Å². The number of carboxylic acids is 1. The van der Waals surface area contributed by atoms with E-state index < -0.39 is 66.4 Å². The topological polar surface area (TPSA) is 273 Å². The molecule has 1 aliphatic heterocycles. The van der Waals surface area contributed by atoms with Gasteiger partial charge in [-0.1, -0.05) is 12.1 Å². The van der Waals surface area contributed by atoms with E-state index in [2.05, 4.69) is 20.9 Å². The van der Waals surface area contributed by atoms with Crippen LogP contribution in [0.3, 0.4) is 0 Å². The Morgan fingerprint density at radius 3 is 2.20 bits per heavy atom. The maximum absolute atomic E-state index is 12.3. The number of carbonyl (C=O) groups is 6. The van der Waals surface area contributed by atoms with Crippen LogP contribution < -0.4 is 27.4 Å². The average Bonchev–Trinajstić information content (AvgIpc) is 2.95. The summed E-state index contributed by atoms with van der Waals surface area (Å²) < 4.78 is 5.35. The zero-order valence-electron chi connectivity index (χ0n) is 25.0. The van der Waals surface area contributed by atoms with Crippen LogP contribution in [0, 0.1) is 0 Å². The lowest BCUT2D eigenvalue weighted by Gasteiger charge is -2.38. The molecule has 5 atom stereocenters. The number of ketones is 2. The molecule has 1 heterocycles. The minimum atomic E-state index is -1.79. The number of aliphatic imine (C=N–C) groups is 1. The second-order valence-electron chi connectivity index (χ2n) is 10.6. The van der Waals surface area contributed by atoms with Gasteiger partial charge in [-0.3, -0.25) is 24.0 Å². The highest BCUT2D eigenvalue weighted by atomic mass is 16.5. The highest BCUT2D eigenvalue weighted by Gasteiger charge is 2.43. The van der Waals surface area contributed by atoms with Crippen molar-refractivity contribution in [2.24, 2.45) is 16.5 Å². The molecular weight excluding hydrogens is 592 g/mol. The molecule has 16 nitrogen and oxygen atoms in total. The molecule has 1 aromatic carbocycles. The van der Waals surface area contributed by atoms with E-state index in [1.54, 1.807) is 24.3 Å². The molecule has 5 unspecified atom stereocenters. The Morgan fingerprint density at radius 2 is 1.62 bits per heavy atom. The van der Waals surface area contributed by atoms with E-state index in [9.17, 15) is 44.1 Å². The number of aliphatic carboxylic acids is 1. The molecule has 16 heteroatoms. The quantitative estimate of drug-likeness (QED) is 0.0561. The number of hydrogen-bond acceptors (Lipinski definition) is 10. The fraction of sp³-hybridized carbons (Fsp3) is 0.483. The number of nitrogens with zero attached hydrogens (tertiary/aromatic N) is 1. The molecule has 1 aromatic rings. The average molecular weight is 633 g/mol. The summed E-state index contributed by atoms with van der Waals surface area (Å²) in [5.74, 6) is -4.26. The van der Waals surface area contributed by atoms with E-state index >= 15 is 0 Å². The predicted molar refractivity (Wildman–Crippen MR) is 160 cm³/mol. The third-order valence-electron chi connectivity index (χ3n) is 6.61. The molecule has 1 aliphatic rings. The van der Waals surface area contributed by atoms with Gasteiger partial charge < -0.3 is 47.5 Å². The van der Waals surface area contributed by atoms with Crippen LogP contribution in [0.25, 0.3) is 0 Å². The van der Waals surface area contributed by atoms with Gasteiger partial charge in [0.2, 0.25) is 23.5 Å². The summed E-state index contributed by atoms with van der Waals surface area (Å²) in [5.41, 5.74) is 12.3. The number of benzene rings is 1. The lowest BCUT2D eigenvalue weighted by Crippen LogP contribution is -2.60. The number of carbonyl (C=O) groups excluding carboxylic acids is 5. The first-order valence-electron chi connectivity index (χ1n) is 14.2. The van der Waals surface area contributed by atoms with Gasteiger partial charge >= 0.3 is 5.97 Å². The van der Waals surface area contributed by atoms with Gasteiger partial charge in [0.25, 0.3) is 0 Å². The van der Waals surface area contributed by atoms with Crippen LogP contribution in [0.2, 0.25) is 0 Å². The molecule has 45 heavy (non-hydrogen) atoms. The van der Waals surface area contributed by atoms with E-state index in [0.29, 0.717) is 12.1 Å². The number of amides is 3. The van der Waals surface area contributed by atoms with Gasteiger partial charge in [-0.25, -0.2) is 9.79 Å². The summed E-state index contributed by atoms with van der Waals surface area (Å²) in [5, 5.41) is 38.4. The fourth-order valence-corrected chi connectivity index (χ4v) is 4.49. The number of ether oxygens (including phenoxy) is 1. The van der Waals surface area contributed by atoms with Crippen LogP contribution in [0.4, 0.5) is 5.69 Å². The zero-order valence-corrected chi connectivity index (χ0v) is 25.0. The van der Waals surface area contributed by atoms with Gasteiger partial charge in [0.1, 0.15) is 29.9 Å². The van der Waals surface area contributed by atoms with Gasteiger partial charge in [-0.15, -0.1) is 0 Å². The number of carboxylic acid groups (broad SMARTS) is 1. The highest BCUT2D eigenvalue weighted by Crippen LogP contribution is 2.25. The van der Waals surface area contributed by atoms with Gasteiger partial charge in [-0.05, 0) is 43.5 Å². The lowest BCUT2D eigenvalue weighted by atomic mass is 9.92. The van der Waals surface area contributed by atoms with Crippen molar-refractivity contribution in [3.8, 4) is 0 Å². The SMILES string of the molecule is CC(=O)CC(=O)CCc1ccc(NC(=O)CCCC(=O)NCC(O)C(O)C2OC(C(=O)O)=CC(N=C(N)N)C2NC(C)=O)cc1. The molecule has 246 valence electrons. The van der Waals surface area contributed by atoms with Crippen molar-refractivity contribution in [3.05, 3.63) is 41.7 Å². The van der Waals surface area contributed by atoms with Crippen molar-refractivity contribution >= 4 is 46.9 Å². The Morgan fingerprint density at radius 1 is 0.978 bits per heavy atom. The van der Waals surface area contributed by atoms with Crippen LogP contribution in [0.15, 0.2) is 41.1 Å². The van der Waals surface area contributed by atoms with Crippen LogP contribution >= 0.6 is 0 Å². The van der Waals surface area contributed by atoms with Crippen molar-refractivity contribution in [2.75, 3.05) is 11.9 Å². The first-order chi connectivity index (χ1) is 21.2. The van der Waals surface area contributed by atoms with Crippen molar-refractivity contribution < 1.29 is 48.8 Å². The summed E-state index contributed by atoms with van der Waals surface area (Å²) in [7, 11) is 0. The summed E-state index contributed by atoms with van der Waals surface area (Å²) in [4.78, 5) is 74.6. The number of aryl methyl sites for hydroxylation is 1. The second kappa shape index (κ2) is 17.5. The lowest BCUT2D eigenvalue weighted by molar-refractivity contribution is -0.144. The van der Waals surface area contributed by atoms with Gasteiger partial charge in [-0.2, -0.15) is 0 Å². The number of nitrogens with one attached hydrogen (secondary N) is 3. The molecule has 0 spiro atoms. The van der Waals surface area contributed by atoms with Gasteiger partial charge in [0.15, 0.2) is 5.96 Å². The Kier molecular flexibility index (Phi) is 14.1. The molecule has 3 amide bonds. The van der Waals surface area contributed by atoms with Crippen LogP contribution in [0.1, 0.15) is 51.5 Å². The maximum Gasteiger partial charge on any atom is 0.370 e. The smallest absolute Gasteiger partial charge is 0.370 e. The van der Waals surface area contributed by atoms with E-state index in [0.717, 1.165) is 11.6 Å². The first-order valence-corrected chi connectivity index (χ1v) is 14.2. The third-order valence-corrected chi connectivity index (χ3v) is 6.61. The normalized spacial score (nSPS) is 18.7. The summed E-state index contributed by atoms with van der Waals surface area (Å²) in [6.07, 6.45) is -3.13. The number of guanidine groups is 1. The molecule has 2 rings (SSSR count). The first kappa shape index (κ1) is 36.4. The minimum absolute atomic E-state index is 0.0185. The Bertz CT molecular complexity index is 1310. The molecule has 0 bridgehead atoms. The van der Waals surface area contributed by atoms with Crippen LogP contribution in [-0.4, -0.2) is 93.5 Å². The van der Waals surface area contributed by atoms with E-state index in [1.807, 2.05) is 0 Å². The van der Waals surface area contributed by atoms with Crippen molar-refractivity contribution in [1.82, 2.24) is 10.6 Å². The molecule has 0 aromatic heterocycles. The Balaban J connectivity index is 1.83. The van der Waals surface area contributed by atoms with Crippen molar-refractivity contribution in [1.29, 1.82) is 0 Å².